The van der Waals surface area contributed by atoms with Crippen molar-refractivity contribution in [3.8, 4) is 0 Å². The summed E-state index contributed by atoms with van der Waals surface area (Å²) in [6, 6.07) is 0. The van der Waals surface area contributed by atoms with Crippen molar-refractivity contribution in [3.63, 3.8) is 0 Å². The fraction of sp³-hybridized carbons (Fsp3) is 0.667. The van der Waals surface area contributed by atoms with Crippen LogP contribution < -0.4 is 0 Å². The molecule has 0 unspecified atom stereocenters. The lowest BCUT2D eigenvalue weighted by atomic mass is 10.1. The molecule has 0 rings (SSSR count). The minimum absolute atomic E-state index is 0.644. The van der Waals surface area contributed by atoms with Crippen LogP contribution in [0, 0.1) is 5.92 Å². The summed E-state index contributed by atoms with van der Waals surface area (Å²) in [5.74, 6) is 0.644. The Kier molecular flexibility index (Phi) is 7.82. The molecular weight excluding hydrogens is 376 g/mol. The van der Waals surface area contributed by atoms with Crippen molar-refractivity contribution in [2.45, 2.75) is 33.6 Å². The maximum Gasteiger partial charge on any atom is 0.109 e. The molecule has 1 nitrogen and oxygen atoms in total. The van der Waals surface area contributed by atoms with E-state index in [2.05, 4.69) is 77.2 Å². The molecular formula is C9H15I2N. The van der Waals surface area contributed by atoms with Crippen LogP contribution in [-0.4, -0.2) is 6.21 Å². The number of rotatable bonds is 4. The van der Waals surface area contributed by atoms with Crippen LogP contribution in [0.3, 0.4) is 0 Å². The Morgan fingerprint density at radius 1 is 1.33 bits per heavy atom. The van der Waals surface area contributed by atoms with Gasteiger partial charge < -0.3 is 0 Å². The van der Waals surface area contributed by atoms with Crippen LogP contribution in [0.1, 0.15) is 33.6 Å². The van der Waals surface area contributed by atoms with Gasteiger partial charge in [-0.3, -0.25) is 4.99 Å². The van der Waals surface area contributed by atoms with E-state index < -0.39 is 0 Å². The van der Waals surface area contributed by atoms with Gasteiger partial charge in [0.1, 0.15) is 3.70 Å². The van der Waals surface area contributed by atoms with Crippen molar-refractivity contribution in [3.05, 3.63) is 7.28 Å². The van der Waals surface area contributed by atoms with E-state index in [0.717, 1.165) is 3.70 Å². The molecule has 0 radical (unpaired) electrons. The van der Waals surface area contributed by atoms with E-state index in [1.807, 2.05) is 0 Å². The van der Waals surface area contributed by atoms with Crippen LogP contribution in [0.4, 0.5) is 0 Å². The van der Waals surface area contributed by atoms with Crippen molar-refractivity contribution in [2.75, 3.05) is 0 Å². The third-order valence-electron chi connectivity index (χ3n) is 1.73. The molecule has 12 heavy (non-hydrogen) atoms. The summed E-state index contributed by atoms with van der Waals surface area (Å²) >= 11 is 4.57. The second-order valence-corrected chi connectivity index (χ2v) is 5.32. The summed E-state index contributed by atoms with van der Waals surface area (Å²) in [4.78, 5) is 4.40. The van der Waals surface area contributed by atoms with Gasteiger partial charge in [-0.25, -0.2) is 0 Å². The summed E-state index contributed by atoms with van der Waals surface area (Å²) in [5.41, 5.74) is 0. The number of nitrogens with zero attached hydrogens (tertiary/aromatic N) is 1. The molecule has 0 aliphatic carbocycles. The van der Waals surface area contributed by atoms with Crippen LogP contribution in [0.2, 0.25) is 0 Å². The average molecular weight is 391 g/mol. The van der Waals surface area contributed by atoms with Gasteiger partial charge >= 0.3 is 0 Å². The van der Waals surface area contributed by atoms with Crippen LogP contribution in [-0.2, 0) is 0 Å². The van der Waals surface area contributed by atoms with E-state index in [-0.39, 0.29) is 0 Å². The van der Waals surface area contributed by atoms with Crippen LogP contribution in [0.25, 0.3) is 0 Å². The molecule has 0 amide bonds. The van der Waals surface area contributed by atoms with Gasteiger partial charge in [0.25, 0.3) is 0 Å². The minimum atomic E-state index is 0.644. The SMILES string of the molecule is CCC(/C=N\C(I)=C(/C)I)CC. The molecule has 0 bridgehead atoms. The summed E-state index contributed by atoms with van der Waals surface area (Å²) in [6.07, 6.45) is 4.44. The van der Waals surface area contributed by atoms with E-state index in [1.54, 1.807) is 0 Å². The van der Waals surface area contributed by atoms with E-state index in [1.165, 1.54) is 16.4 Å². The van der Waals surface area contributed by atoms with Crippen molar-refractivity contribution >= 4 is 51.4 Å². The normalized spacial score (nSPS) is 14.2. The molecule has 3 heteroatoms. The van der Waals surface area contributed by atoms with Gasteiger partial charge in [0.05, 0.1) is 0 Å². The lowest BCUT2D eigenvalue weighted by molar-refractivity contribution is 0.655. The second kappa shape index (κ2) is 7.29. The monoisotopic (exact) mass is 391 g/mol. The maximum atomic E-state index is 4.40. The van der Waals surface area contributed by atoms with Crippen molar-refractivity contribution in [1.82, 2.24) is 0 Å². The number of hydrogen-bond acceptors (Lipinski definition) is 1. The van der Waals surface area contributed by atoms with Crippen LogP contribution in [0.5, 0.6) is 0 Å². The largest absolute Gasteiger partial charge is 0.254 e. The molecule has 0 fully saturated rings. The molecule has 0 aromatic carbocycles. The maximum absolute atomic E-state index is 4.40. The molecule has 0 aromatic heterocycles. The van der Waals surface area contributed by atoms with E-state index in [4.69, 9.17) is 0 Å². The van der Waals surface area contributed by atoms with Crippen molar-refractivity contribution in [2.24, 2.45) is 10.9 Å². The highest BCUT2D eigenvalue weighted by Crippen LogP contribution is 2.19. The molecule has 0 heterocycles. The molecule has 0 aliphatic rings. The first kappa shape index (κ1) is 12.9. The molecule has 0 saturated carbocycles. The number of aliphatic imine (C=N–C) groups is 1. The number of halogens is 2. The third kappa shape index (κ3) is 5.50. The predicted molar refractivity (Wildman–Crippen MR) is 73.3 cm³/mol. The number of hydrogen-bond donors (Lipinski definition) is 0. The van der Waals surface area contributed by atoms with Crippen LogP contribution in [0.15, 0.2) is 12.3 Å². The highest BCUT2D eigenvalue weighted by Gasteiger charge is 1.98. The van der Waals surface area contributed by atoms with Gasteiger partial charge in [-0.2, -0.15) is 0 Å². The Bertz CT molecular complexity index is 177. The summed E-state index contributed by atoms with van der Waals surface area (Å²) in [6.45, 7) is 6.48. The smallest absolute Gasteiger partial charge is 0.109 e. The highest BCUT2D eigenvalue weighted by molar-refractivity contribution is 14.1. The zero-order chi connectivity index (χ0) is 9.56. The van der Waals surface area contributed by atoms with Crippen LogP contribution >= 0.6 is 45.2 Å². The molecule has 0 atom stereocenters. The fourth-order valence-electron chi connectivity index (χ4n) is 0.759. The molecule has 70 valence electrons. The lowest BCUT2D eigenvalue weighted by Crippen LogP contribution is -1.97. The Labute approximate surface area is 102 Å². The Morgan fingerprint density at radius 3 is 2.17 bits per heavy atom. The molecule has 0 saturated heterocycles. The summed E-state index contributed by atoms with van der Waals surface area (Å²) in [5, 5.41) is 0. The third-order valence-corrected chi connectivity index (χ3v) is 4.36. The standard InChI is InChI=1S/C9H15I2N/c1-4-8(5-2)6-12-9(11)7(3)10/h6,8H,4-5H2,1-3H3/b9-7+,12-6-. The predicted octanol–water partition coefficient (Wildman–Crippen LogP) is 4.55. The first-order valence-electron chi connectivity index (χ1n) is 4.17. The first-order valence-corrected chi connectivity index (χ1v) is 6.33. The van der Waals surface area contributed by atoms with Gasteiger partial charge in [0, 0.05) is 9.79 Å². The van der Waals surface area contributed by atoms with Gasteiger partial charge in [-0.05, 0) is 70.9 Å². The Morgan fingerprint density at radius 2 is 1.83 bits per heavy atom. The summed E-state index contributed by atoms with van der Waals surface area (Å²) < 4.78 is 2.37. The minimum Gasteiger partial charge on any atom is -0.254 e. The van der Waals surface area contributed by atoms with E-state index >= 15 is 0 Å². The molecule has 0 aromatic rings. The second-order valence-electron chi connectivity index (χ2n) is 2.68. The van der Waals surface area contributed by atoms with E-state index in [9.17, 15) is 0 Å². The highest BCUT2D eigenvalue weighted by atomic mass is 127. The van der Waals surface area contributed by atoms with Gasteiger partial charge in [-0.15, -0.1) is 0 Å². The lowest BCUT2D eigenvalue weighted by Gasteiger charge is -2.03. The van der Waals surface area contributed by atoms with Gasteiger partial charge in [0.2, 0.25) is 0 Å². The zero-order valence-corrected chi connectivity index (χ0v) is 12.1. The van der Waals surface area contributed by atoms with Crippen molar-refractivity contribution in [1.29, 1.82) is 0 Å². The van der Waals surface area contributed by atoms with Crippen molar-refractivity contribution < 1.29 is 0 Å². The average Bonchev–Trinajstić information content (AvgIpc) is 2.05. The first-order chi connectivity index (χ1) is 5.61. The van der Waals surface area contributed by atoms with Gasteiger partial charge in [0.15, 0.2) is 0 Å². The molecule has 0 aliphatic heterocycles. The topological polar surface area (TPSA) is 12.4 Å². The van der Waals surface area contributed by atoms with Gasteiger partial charge in [-0.1, -0.05) is 13.8 Å². The fourth-order valence-corrected chi connectivity index (χ4v) is 1.06. The number of allylic oxidation sites excluding steroid dienone is 1. The van der Waals surface area contributed by atoms with E-state index in [0.29, 0.717) is 5.92 Å². The Hall–Kier alpha value is 0.870. The quantitative estimate of drug-likeness (QED) is 0.379. The summed E-state index contributed by atoms with van der Waals surface area (Å²) in [7, 11) is 0. The zero-order valence-electron chi connectivity index (χ0n) is 7.77. The molecule has 0 spiro atoms. The Balaban J connectivity index is 4.13. The molecule has 0 N–H and O–H groups in total.